The van der Waals surface area contributed by atoms with Gasteiger partial charge in [-0.2, -0.15) is 0 Å². The lowest BCUT2D eigenvalue weighted by Gasteiger charge is -2.43. The molecule has 3 rings (SSSR count). The lowest BCUT2D eigenvalue weighted by molar-refractivity contribution is 0.103. The van der Waals surface area contributed by atoms with Gasteiger partial charge in [-0.3, -0.25) is 4.90 Å². The minimum Gasteiger partial charge on any atom is -0.311 e. The van der Waals surface area contributed by atoms with E-state index in [0.717, 1.165) is 18.0 Å². The molecule has 1 aliphatic heterocycles. The van der Waals surface area contributed by atoms with Gasteiger partial charge in [0, 0.05) is 31.7 Å². The molecule has 1 heterocycles. The van der Waals surface area contributed by atoms with Crippen molar-refractivity contribution in [2.45, 2.75) is 63.5 Å². The van der Waals surface area contributed by atoms with Gasteiger partial charge in [-0.1, -0.05) is 31.4 Å². The highest BCUT2D eigenvalue weighted by Crippen LogP contribution is 2.29. The van der Waals surface area contributed by atoms with Crippen molar-refractivity contribution in [2.24, 2.45) is 5.92 Å². The number of hydrogen-bond acceptors (Lipinski definition) is 2. The fraction of sp³-hybridized carbons (Fsp3) is 0.875. The van der Waals surface area contributed by atoms with Crippen LogP contribution in [0.1, 0.15) is 51.4 Å². The van der Waals surface area contributed by atoms with Crippen molar-refractivity contribution in [1.29, 1.82) is 0 Å². The van der Waals surface area contributed by atoms with E-state index in [9.17, 15) is 0 Å². The molecular formula is C16H28N2. The standard InChI is InChI=1S/C16H28N2/c1-3-7-14(8-4-1)16-13-18(12-11-17-16)15-9-5-2-6-10-15/h2,5,14-17H,1,3-4,6-13H2. The molecule has 0 bridgehead atoms. The second-order valence-electron chi connectivity index (χ2n) is 6.39. The molecule has 2 heteroatoms. The lowest BCUT2D eigenvalue weighted by atomic mass is 9.82. The molecule has 0 spiro atoms. The first kappa shape index (κ1) is 12.7. The Morgan fingerprint density at radius 2 is 1.89 bits per heavy atom. The molecule has 0 radical (unpaired) electrons. The third kappa shape index (κ3) is 2.97. The van der Waals surface area contributed by atoms with Crippen molar-refractivity contribution >= 4 is 0 Å². The summed E-state index contributed by atoms with van der Waals surface area (Å²) in [5.41, 5.74) is 0. The Labute approximate surface area is 112 Å². The Bertz CT molecular complexity index is 281. The van der Waals surface area contributed by atoms with Crippen molar-refractivity contribution < 1.29 is 0 Å². The lowest BCUT2D eigenvalue weighted by Crippen LogP contribution is -2.56. The topological polar surface area (TPSA) is 15.3 Å². The van der Waals surface area contributed by atoms with Gasteiger partial charge in [0.2, 0.25) is 0 Å². The molecule has 3 aliphatic rings. The van der Waals surface area contributed by atoms with Crippen LogP contribution in [0, 0.1) is 5.92 Å². The molecule has 1 saturated heterocycles. The van der Waals surface area contributed by atoms with Gasteiger partial charge in [0.1, 0.15) is 0 Å². The van der Waals surface area contributed by atoms with Gasteiger partial charge in [-0.05, 0) is 38.0 Å². The van der Waals surface area contributed by atoms with Crippen molar-refractivity contribution in [3.8, 4) is 0 Å². The smallest absolute Gasteiger partial charge is 0.0223 e. The van der Waals surface area contributed by atoms with E-state index in [1.165, 1.54) is 71.0 Å². The summed E-state index contributed by atoms with van der Waals surface area (Å²) >= 11 is 0. The first-order valence-electron chi connectivity index (χ1n) is 8.06. The second-order valence-corrected chi connectivity index (χ2v) is 6.39. The largest absolute Gasteiger partial charge is 0.311 e. The molecule has 18 heavy (non-hydrogen) atoms. The van der Waals surface area contributed by atoms with Crippen LogP contribution in [-0.4, -0.2) is 36.6 Å². The Kier molecular flexibility index (Phi) is 4.37. The summed E-state index contributed by atoms with van der Waals surface area (Å²) in [5.74, 6) is 0.959. The highest BCUT2D eigenvalue weighted by molar-refractivity contribution is 4.96. The van der Waals surface area contributed by atoms with Crippen LogP contribution >= 0.6 is 0 Å². The van der Waals surface area contributed by atoms with Crippen LogP contribution in [0.3, 0.4) is 0 Å². The van der Waals surface area contributed by atoms with Crippen molar-refractivity contribution in [2.75, 3.05) is 19.6 Å². The van der Waals surface area contributed by atoms with Crippen molar-refractivity contribution in [1.82, 2.24) is 10.2 Å². The summed E-state index contributed by atoms with van der Waals surface area (Å²) in [6.07, 6.45) is 16.1. The number of hydrogen-bond donors (Lipinski definition) is 1. The molecule has 1 N–H and O–H groups in total. The monoisotopic (exact) mass is 248 g/mol. The average Bonchev–Trinajstić information content (AvgIpc) is 2.49. The fourth-order valence-electron chi connectivity index (χ4n) is 4.10. The van der Waals surface area contributed by atoms with Crippen LogP contribution in [0.5, 0.6) is 0 Å². The number of nitrogens with zero attached hydrogens (tertiary/aromatic N) is 1. The quantitative estimate of drug-likeness (QED) is 0.756. The molecule has 102 valence electrons. The summed E-state index contributed by atoms with van der Waals surface area (Å²) in [7, 11) is 0. The first-order valence-corrected chi connectivity index (χ1v) is 8.06. The van der Waals surface area contributed by atoms with Gasteiger partial charge < -0.3 is 5.32 Å². The molecule has 0 aromatic carbocycles. The molecule has 2 atom stereocenters. The molecule has 1 saturated carbocycles. The van der Waals surface area contributed by atoms with E-state index in [4.69, 9.17) is 0 Å². The minimum atomic E-state index is 0.782. The predicted molar refractivity (Wildman–Crippen MR) is 76.7 cm³/mol. The van der Waals surface area contributed by atoms with Crippen LogP contribution in [0.15, 0.2) is 12.2 Å². The molecule has 0 aromatic heterocycles. The number of nitrogens with one attached hydrogen (secondary N) is 1. The summed E-state index contributed by atoms with van der Waals surface area (Å²) in [4.78, 5) is 2.78. The van der Waals surface area contributed by atoms with Crippen molar-refractivity contribution in [3.05, 3.63) is 12.2 Å². The van der Waals surface area contributed by atoms with E-state index >= 15 is 0 Å². The Morgan fingerprint density at radius 3 is 2.67 bits per heavy atom. The maximum Gasteiger partial charge on any atom is 0.0223 e. The van der Waals surface area contributed by atoms with Crippen LogP contribution in [-0.2, 0) is 0 Å². The van der Waals surface area contributed by atoms with E-state index in [1.54, 1.807) is 0 Å². The van der Waals surface area contributed by atoms with E-state index in [0.29, 0.717) is 0 Å². The Hall–Kier alpha value is -0.340. The van der Waals surface area contributed by atoms with Crippen molar-refractivity contribution in [3.63, 3.8) is 0 Å². The van der Waals surface area contributed by atoms with E-state index in [1.807, 2.05) is 0 Å². The fourth-order valence-corrected chi connectivity index (χ4v) is 4.10. The molecule has 2 aliphatic carbocycles. The number of piperazine rings is 1. The highest BCUT2D eigenvalue weighted by Gasteiger charge is 2.30. The van der Waals surface area contributed by atoms with Crippen LogP contribution in [0.25, 0.3) is 0 Å². The van der Waals surface area contributed by atoms with Crippen LogP contribution in [0.2, 0.25) is 0 Å². The van der Waals surface area contributed by atoms with Gasteiger partial charge >= 0.3 is 0 Å². The van der Waals surface area contributed by atoms with E-state index in [-0.39, 0.29) is 0 Å². The van der Waals surface area contributed by atoms with Gasteiger partial charge in [0.15, 0.2) is 0 Å². The first-order chi connectivity index (χ1) is 8.93. The minimum absolute atomic E-state index is 0.782. The maximum absolute atomic E-state index is 3.80. The van der Waals surface area contributed by atoms with Gasteiger partial charge in [-0.15, -0.1) is 0 Å². The number of allylic oxidation sites excluding steroid dienone is 1. The van der Waals surface area contributed by atoms with Crippen LogP contribution in [0.4, 0.5) is 0 Å². The highest BCUT2D eigenvalue weighted by atomic mass is 15.2. The summed E-state index contributed by atoms with van der Waals surface area (Å²) < 4.78 is 0. The summed E-state index contributed by atoms with van der Waals surface area (Å²) in [5, 5.41) is 3.80. The normalized spacial score (nSPS) is 35.8. The van der Waals surface area contributed by atoms with E-state index < -0.39 is 0 Å². The zero-order valence-electron chi connectivity index (χ0n) is 11.6. The van der Waals surface area contributed by atoms with Gasteiger partial charge in [0.25, 0.3) is 0 Å². The molecule has 2 nitrogen and oxygen atoms in total. The molecule has 0 aromatic rings. The third-order valence-electron chi connectivity index (χ3n) is 5.21. The predicted octanol–water partition coefficient (Wildman–Crippen LogP) is 2.95. The van der Waals surface area contributed by atoms with Gasteiger partial charge in [0.05, 0.1) is 0 Å². The molecule has 2 fully saturated rings. The Morgan fingerprint density at radius 1 is 1.00 bits per heavy atom. The SMILES string of the molecule is C1=CCC(N2CCNC(C3CCCCC3)C2)CC1. The third-order valence-corrected chi connectivity index (χ3v) is 5.21. The Balaban J connectivity index is 1.55. The molecule has 2 unspecified atom stereocenters. The second kappa shape index (κ2) is 6.21. The summed E-state index contributed by atoms with van der Waals surface area (Å²) in [6.45, 7) is 3.78. The summed E-state index contributed by atoms with van der Waals surface area (Å²) in [6, 6.07) is 1.62. The molecular weight excluding hydrogens is 220 g/mol. The average molecular weight is 248 g/mol. The number of rotatable bonds is 2. The maximum atomic E-state index is 3.80. The van der Waals surface area contributed by atoms with Crippen LogP contribution < -0.4 is 5.32 Å². The zero-order chi connectivity index (χ0) is 12.2. The molecule has 0 amide bonds. The zero-order valence-corrected chi connectivity index (χ0v) is 11.6. The van der Waals surface area contributed by atoms with E-state index in [2.05, 4.69) is 22.4 Å². The van der Waals surface area contributed by atoms with Gasteiger partial charge in [-0.25, -0.2) is 0 Å².